The van der Waals surface area contributed by atoms with Crippen LogP contribution in [-0.2, 0) is 10.6 Å². The molecule has 0 saturated carbocycles. The number of ether oxygens (including phenoxy) is 1. The molecule has 2 rings (SSSR count). The second kappa shape index (κ2) is 9.08. The van der Waals surface area contributed by atoms with Gasteiger partial charge in [-0.05, 0) is 46.2 Å². The zero-order valence-electron chi connectivity index (χ0n) is 17.3. The molecule has 0 spiro atoms. The zero-order valence-corrected chi connectivity index (χ0v) is 17.3. The van der Waals surface area contributed by atoms with Crippen molar-refractivity contribution in [1.82, 2.24) is 4.90 Å². The van der Waals surface area contributed by atoms with E-state index < -0.39 is 22.9 Å². The molecule has 1 fully saturated rings. The predicted molar refractivity (Wildman–Crippen MR) is 101 cm³/mol. The average molecular weight is 358 g/mol. The summed E-state index contributed by atoms with van der Waals surface area (Å²) < 4.78 is 19.6. The maximum absolute atomic E-state index is 13.7. The summed E-state index contributed by atoms with van der Waals surface area (Å²) in [5, 5.41) is 21.1. The highest BCUT2D eigenvalue weighted by molar-refractivity contribution is 5.26. The Morgan fingerprint density at radius 1 is 1.00 bits per heavy atom. The van der Waals surface area contributed by atoms with Gasteiger partial charge >= 0.3 is 0 Å². The van der Waals surface area contributed by atoms with Crippen LogP contribution in [0.4, 0.5) is 4.39 Å². The second-order valence-corrected chi connectivity index (χ2v) is 7.08. The Hall–Kier alpha value is -1.01. The highest BCUT2D eigenvalue weighted by atomic mass is 19.1. The molecule has 0 aliphatic carbocycles. The van der Waals surface area contributed by atoms with Gasteiger partial charge in [0.05, 0.1) is 11.2 Å². The Labute approximate surface area is 152 Å². The van der Waals surface area contributed by atoms with E-state index in [9.17, 15) is 14.6 Å². The van der Waals surface area contributed by atoms with Gasteiger partial charge in [-0.15, -0.1) is 0 Å². The molecule has 0 aromatic heterocycles. The van der Waals surface area contributed by atoms with E-state index in [1.165, 1.54) is 17.0 Å². The van der Waals surface area contributed by atoms with E-state index in [4.69, 9.17) is 4.74 Å². The van der Waals surface area contributed by atoms with Gasteiger partial charge in [-0.25, -0.2) is 9.29 Å². The van der Waals surface area contributed by atoms with Crippen molar-refractivity contribution < 1.29 is 19.3 Å². The lowest BCUT2D eigenvalue weighted by Gasteiger charge is -2.50. The lowest BCUT2D eigenvalue weighted by molar-refractivity contribution is -0.321. The first-order chi connectivity index (χ1) is 11.4. The number of benzene rings is 1. The Balaban J connectivity index is 0.00000134. The number of nitrogens with zero attached hydrogens (tertiary/aromatic N) is 1. The molecule has 0 atom stereocenters. The fourth-order valence-corrected chi connectivity index (χ4v) is 2.99. The monoisotopic (exact) mass is 357 g/mol. The van der Waals surface area contributed by atoms with Crippen LogP contribution in [-0.4, -0.2) is 39.4 Å². The van der Waals surface area contributed by atoms with Gasteiger partial charge < -0.3 is 14.9 Å². The Bertz CT molecular complexity index is 526. The summed E-state index contributed by atoms with van der Waals surface area (Å²) in [6, 6.07) is 4.25. The standard InChI is InChI=1S/C16H24FNO3.2C2H6/c1-11-6-7-12(8-13(11)17)16(19,20)18-9-14(2,3)21-15(4,5)10-18;2*1-2/h6-8,19-20H,9-10H2,1-5H3;2*1-2H3. The first-order valence-electron chi connectivity index (χ1n) is 9.10. The predicted octanol–water partition coefficient (Wildman–Crippen LogP) is 4.17. The zero-order chi connectivity index (χ0) is 20.1. The van der Waals surface area contributed by atoms with Gasteiger partial charge in [0.2, 0.25) is 0 Å². The summed E-state index contributed by atoms with van der Waals surface area (Å²) >= 11 is 0. The molecular weight excluding hydrogens is 321 g/mol. The van der Waals surface area contributed by atoms with Gasteiger partial charge in [0.25, 0.3) is 5.91 Å². The van der Waals surface area contributed by atoms with Crippen LogP contribution < -0.4 is 0 Å². The van der Waals surface area contributed by atoms with Crippen molar-refractivity contribution >= 4 is 0 Å². The third-order valence-corrected chi connectivity index (χ3v) is 3.70. The topological polar surface area (TPSA) is 52.9 Å². The van der Waals surface area contributed by atoms with Crippen molar-refractivity contribution in [3.05, 3.63) is 35.1 Å². The minimum atomic E-state index is -2.23. The highest BCUT2D eigenvalue weighted by Crippen LogP contribution is 2.34. The number of aryl methyl sites for hydroxylation is 1. The van der Waals surface area contributed by atoms with Crippen molar-refractivity contribution in [2.45, 2.75) is 79.4 Å². The molecule has 0 bridgehead atoms. The van der Waals surface area contributed by atoms with Crippen LogP contribution in [0.5, 0.6) is 0 Å². The highest BCUT2D eigenvalue weighted by Gasteiger charge is 2.46. The van der Waals surface area contributed by atoms with Gasteiger partial charge in [0, 0.05) is 18.7 Å². The van der Waals surface area contributed by atoms with Crippen molar-refractivity contribution in [2.75, 3.05) is 13.1 Å². The van der Waals surface area contributed by atoms with Crippen molar-refractivity contribution in [3.63, 3.8) is 0 Å². The van der Waals surface area contributed by atoms with E-state index in [0.717, 1.165) is 0 Å². The summed E-state index contributed by atoms with van der Waals surface area (Å²) in [7, 11) is 0. The molecule has 1 aliphatic heterocycles. The van der Waals surface area contributed by atoms with Gasteiger partial charge in [-0.3, -0.25) is 0 Å². The van der Waals surface area contributed by atoms with Crippen LogP contribution in [0.1, 0.15) is 66.5 Å². The fraction of sp³-hybridized carbons (Fsp3) is 0.700. The van der Waals surface area contributed by atoms with Crippen LogP contribution in [0, 0.1) is 12.7 Å². The number of halogens is 1. The van der Waals surface area contributed by atoms with Crippen LogP contribution in [0.15, 0.2) is 18.2 Å². The summed E-state index contributed by atoms with van der Waals surface area (Å²) in [6.07, 6.45) is 0. The number of morpholine rings is 1. The molecule has 1 saturated heterocycles. The van der Waals surface area contributed by atoms with Crippen LogP contribution in [0.2, 0.25) is 0 Å². The maximum Gasteiger partial charge on any atom is 0.253 e. The molecular formula is C20H36FNO3. The quantitative estimate of drug-likeness (QED) is 0.780. The molecule has 5 heteroatoms. The molecule has 0 unspecified atom stereocenters. The van der Waals surface area contributed by atoms with Gasteiger partial charge in [0.15, 0.2) is 0 Å². The third kappa shape index (κ3) is 6.33. The van der Waals surface area contributed by atoms with E-state index in [-0.39, 0.29) is 5.56 Å². The van der Waals surface area contributed by atoms with E-state index in [0.29, 0.717) is 18.7 Å². The van der Waals surface area contributed by atoms with Crippen molar-refractivity contribution in [3.8, 4) is 0 Å². The molecule has 0 radical (unpaired) electrons. The molecule has 1 aromatic carbocycles. The van der Waals surface area contributed by atoms with Crippen LogP contribution in [0.25, 0.3) is 0 Å². The summed E-state index contributed by atoms with van der Waals surface area (Å²) in [4.78, 5) is 1.51. The Morgan fingerprint density at radius 3 is 1.84 bits per heavy atom. The number of rotatable bonds is 2. The van der Waals surface area contributed by atoms with E-state index in [1.807, 2.05) is 55.4 Å². The van der Waals surface area contributed by atoms with E-state index in [2.05, 4.69) is 0 Å². The minimum absolute atomic E-state index is 0.124. The Kier molecular flexibility index (Phi) is 8.71. The first-order valence-corrected chi connectivity index (χ1v) is 9.10. The minimum Gasteiger partial charge on any atom is -0.367 e. The molecule has 4 nitrogen and oxygen atoms in total. The van der Waals surface area contributed by atoms with E-state index >= 15 is 0 Å². The van der Waals surface area contributed by atoms with Crippen LogP contribution >= 0.6 is 0 Å². The summed E-state index contributed by atoms with van der Waals surface area (Å²) in [5.41, 5.74) is -0.458. The van der Waals surface area contributed by atoms with Crippen molar-refractivity contribution in [1.29, 1.82) is 0 Å². The van der Waals surface area contributed by atoms with Gasteiger partial charge in [-0.1, -0.05) is 39.8 Å². The second-order valence-electron chi connectivity index (χ2n) is 7.08. The molecule has 1 aliphatic rings. The van der Waals surface area contributed by atoms with E-state index in [1.54, 1.807) is 13.0 Å². The lowest BCUT2D eigenvalue weighted by atomic mass is 9.96. The fourth-order valence-electron chi connectivity index (χ4n) is 2.99. The van der Waals surface area contributed by atoms with Gasteiger partial charge in [0.1, 0.15) is 5.82 Å². The molecule has 1 heterocycles. The van der Waals surface area contributed by atoms with Crippen molar-refractivity contribution in [2.24, 2.45) is 0 Å². The SMILES string of the molecule is CC.CC.Cc1ccc(C(O)(O)N2CC(C)(C)OC(C)(C)C2)cc1F. The normalized spacial score (nSPS) is 19.2. The summed E-state index contributed by atoms with van der Waals surface area (Å²) in [5.74, 6) is -2.68. The maximum atomic E-state index is 13.7. The first kappa shape index (κ1) is 24.0. The largest absolute Gasteiger partial charge is 0.367 e. The lowest BCUT2D eigenvalue weighted by Crippen LogP contribution is -2.63. The summed E-state index contributed by atoms with van der Waals surface area (Å²) in [6.45, 7) is 17.9. The van der Waals surface area contributed by atoms with Gasteiger partial charge in [-0.2, -0.15) is 0 Å². The Morgan fingerprint density at radius 2 is 1.44 bits per heavy atom. The van der Waals surface area contributed by atoms with Crippen LogP contribution in [0.3, 0.4) is 0 Å². The smallest absolute Gasteiger partial charge is 0.253 e. The molecule has 2 N–H and O–H groups in total. The number of aliphatic hydroxyl groups is 2. The molecule has 25 heavy (non-hydrogen) atoms. The number of hydrogen-bond acceptors (Lipinski definition) is 4. The number of hydrogen-bond donors (Lipinski definition) is 2. The molecule has 1 aromatic rings. The molecule has 0 amide bonds. The third-order valence-electron chi connectivity index (χ3n) is 3.70. The molecule has 146 valence electrons. The average Bonchev–Trinajstić information content (AvgIpc) is 2.51.